The zero-order valence-electron chi connectivity index (χ0n) is 9.36. The molecule has 1 heteroatoms. The molecule has 17 heavy (non-hydrogen) atoms. The zero-order chi connectivity index (χ0) is 11.7. The number of benzene rings is 2. The van der Waals surface area contributed by atoms with E-state index in [-0.39, 0.29) is 0 Å². The van der Waals surface area contributed by atoms with Gasteiger partial charge in [-0.15, -0.1) is 11.6 Å². The van der Waals surface area contributed by atoms with Crippen molar-refractivity contribution in [2.24, 2.45) is 0 Å². The second-order valence-electron chi connectivity index (χ2n) is 4.13. The lowest BCUT2D eigenvalue weighted by Crippen LogP contribution is -2.00. The number of allylic oxidation sites excluding steroid dienone is 1. The van der Waals surface area contributed by atoms with Crippen LogP contribution in [0.3, 0.4) is 0 Å². The fourth-order valence-corrected chi connectivity index (χ4v) is 2.52. The maximum Gasteiger partial charge on any atom is 0.0566 e. The Labute approximate surface area is 107 Å². The SMILES string of the molecule is ClCc1ccccc1[C]1C=Cc2ccccc21. The maximum atomic E-state index is 6.00. The molecule has 0 amide bonds. The molecule has 0 heterocycles. The zero-order valence-corrected chi connectivity index (χ0v) is 10.1. The van der Waals surface area contributed by atoms with Crippen LogP contribution in [-0.4, -0.2) is 0 Å². The number of fused-ring (bicyclic) bond motifs is 1. The third kappa shape index (κ3) is 1.79. The van der Waals surface area contributed by atoms with Crippen LogP contribution in [0.1, 0.15) is 22.3 Å². The number of hydrogen-bond donors (Lipinski definition) is 0. The first-order valence-corrected chi connectivity index (χ1v) is 6.22. The monoisotopic (exact) mass is 239 g/mol. The molecule has 1 radical (unpaired) electrons. The van der Waals surface area contributed by atoms with Gasteiger partial charge >= 0.3 is 0 Å². The number of halogens is 1. The topological polar surface area (TPSA) is 0 Å². The van der Waals surface area contributed by atoms with Crippen molar-refractivity contribution in [2.75, 3.05) is 0 Å². The van der Waals surface area contributed by atoms with Crippen molar-refractivity contribution in [3.63, 3.8) is 0 Å². The van der Waals surface area contributed by atoms with Crippen molar-refractivity contribution in [2.45, 2.75) is 5.88 Å². The van der Waals surface area contributed by atoms with Gasteiger partial charge in [-0.1, -0.05) is 60.7 Å². The molecule has 83 valence electrons. The minimum absolute atomic E-state index is 0.551. The molecular weight excluding hydrogens is 228 g/mol. The molecule has 1 aliphatic rings. The number of hydrogen-bond acceptors (Lipinski definition) is 0. The fraction of sp³-hybridized carbons (Fsp3) is 0.0625. The van der Waals surface area contributed by atoms with Gasteiger partial charge in [-0.2, -0.15) is 0 Å². The van der Waals surface area contributed by atoms with E-state index in [0.29, 0.717) is 5.88 Å². The van der Waals surface area contributed by atoms with Crippen LogP contribution in [0, 0.1) is 5.92 Å². The summed E-state index contributed by atoms with van der Waals surface area (Å²) >= 11 is 6.00. The highest BCUT2D eigenvalue weighted by atomic mass is 35.5. The van der Waals surface area contributed by atoms with E-state index in [1.165, 1.54) is 28.2 Å². The van der Waals surface area contributed by atoms with Crippen LogP contribution in [0.5, 0.6) is 0 Å². The van der Waals surface area contributed by atoms with Crippen LogP contribution in [0.4, 0.5) is 0 Å². The summed E-state index contributed by atoms with van der Waals surface area (Å²) in [4.78, 5) is 0. The van der Waals surface area contributed by atoms with Crippen molar-refractivity contribution in [3.8, 4) is 0 Å². The van der Waals surface area contributed by atoms with E-state index in [4.69, 9.17) is 11.6 Å². The van der Waals surface area contributed by atoms with E-state index in [1.54, 1.807) is 0 Å². The average Bonchev–Trinajstić information content (AvgIpc) is 2.82. The normalized spacial score (nSPS) is 13.9. The maximum absolute atomic E-state index is 6.00. The van der Waals surface area contributed by atoms with E-state index in [1.807, 2.05) is 6.07 Å². The molecule has 0 saturated carbocycles. The Kier molecular flexibility index (Phi) is 2.74. The predicted octanol–water partition coefficient (Wildman–Crippen LogP) is 4.42. The van der Waals surface area contributed by atoms with Crippen LogP contribution in [-0.2, 0) is 5.88 Å². The van der Waals surface area contributed by atoms with E-state index in [9.17, 15) is 0 Å². The van der Waals surface area contributed by atoms with Gasteiger partial charge in [0.2, 0.25) is 0 Å². The minimum Gasteiger partial charge on any atom is -0.122 e. The lowest BCUT2D eigenvalue weighted by Gasteiger charge is -2.14. The Bertz CT molecular complexity index is 569. The van der Waals surface area contributed by atoms with E-state index in [0.717, 1.165) is 0 Å². The highest BCUT2D eigenvalue weighted by Gasteiger charge is 2.21. The molecule has 0 bridgehead atoms. The molecule has 2 aromatic rings. The van der Waals surface area contributed by atoms with Gasteiger partial charge in [-0.25, -0.2) is 0 Å². The summed E-state index contributed by atoms with van der Waals surface area (Å²) < 4.78 is 0. The average molecular weight is 240 g/mol. The first-order chi connectivity index (χ1) is 8.40. The Hall–Kier alpha value is -1.53. The highest BCUT2D eigenvalue weighted by Crippen LogP contribution is 2.35. The van der Waals surface area contributed by atoms with Gasteiger partial charge in [0.25, 0.3) is 0 Å². The molecular formula is C16H12Cl. The summed E-state index contributed by atoms with van der Waals surface area (Å²) in [5.74, 6) is 1.83. The summed E-state index contributed by atoms with van der Waals surface area (Å²) in [6.07, 6.45) is 4.34. The predicted molar refractivity (Wildman–Crippen MR) is 72.9 cm³/mol. The number of alkyl halides is 1. The second kappa shape index (κ2) is 4.38. The summed E-state index contributed by atoms with van der Waals surface area (Å²) in [5.41, 5.74) is 5.01. The molecule has 0 N–H and O–H groups in total. The fourth-order valence-electron chi connectivity index (χ4n) is 2.28. The Balaban J connectivity index is 2.10. The Morgan fingerprint density at radius 1 is 0.765 bits per heavy atom. The molecule has 0 atom stereocenters. The largest absolute Gasteiger partial charge is 0.122 e. The lowest BCUT2D eigenvalue weighted by atomic mass is 9.90. The minimum atomic E-state index is 0.551. The van der Waals surface area contributed by atoms with E-state index < -0.39 is 0 Å². The van der Waals surface area contributed by atoms with Gasteiger partial charge in [0.1, 0.15) is 0 Å². The van der Waals surface area contributed by atoms with Crippen LogP contribution in [0.15, 0.2) is 54.6 Å². The van der Waals surface area contributed by atoms with Crippen molar-refractivity contribution < 1.29 is 0 Å². The van der Waals surface area contributed by atoms with Crippen LogP contribution in [0.2, 0.25) is 0 Å². The van der Waals surface area contributed by atoms with Gasteiger partial charge < -0.3 is 0 Å². The lowest BCUT2D eigenvalue weighted by molar-refractivity contribution is 1.24. The molecule has 0 aliphatic heterocycles. The van der Waals surface area contributed by atoms with Crippen molar-refractivity contribution >= 4 is 17.7 Å². The van der Waals surface area contributed by atoms with Crippen LogP contribution >= 0.6 is 11.6 Å². The summed E-state index contributed by atoms with van der Waals surface area (Å²) in [5, 5.41) is 0. The molecule has 2 aromatic carbocycles. The Morgan fingerprint density at radius 2 is 1.47 bits per heavy atom. The van der Waals surface area contributed by atoms with E-state index in [2.05, 4.69) is 54.6 Å². The summed E-state index contributed by atoms with van der Waals surface area (Å²) in [6, 6.07) is 16.8. The molecule has 0 unspecified atom stereocenters. The molecule has 0 nitrogen and oxygen atoms in total. The van der Waals surface area contributed by atoms with Gasteiger partial charge in [0, 0.05) is 5.88 Å². The summed E-state index contributed by atoms with van der Waals surface area (Å²) in [7, 11) is 0. The summed E-state index contributed by atoms with van der Waals surface area (Å²) in [6.45, 7) is 0. The van der Waals surface area contributed by atoms with Gasteiger partial charge in [-0.05, 0) is 22.3 Å². The Morgan fingerprint density at radius 3 is 2.29 bits per heavy atom. The van der Waals surface area contributed by atoms with Crippen molar-refractivity contribution in [1.29, 1.82) is 0 Å². The van der Waals surface area contributed by atoms with Crippen molar-refractivity contribution in [1.82, 2.24) is 0 Å². The van der Waals surface area contributed by atoms with Crippen LogP contribution in [0.25, 0.3) is 6.08 Å². The molecule has 3 rings (SSSR count). The standard InChI is InChI=1S/C16H12Cl/c17-11-13-6-2-4-8-15(13)16-10-9-12-5-1-3-7-14(12)16/h1-10H,11H2. The van der Waals surface area contributed by atoms with Gasteiger partial charge in [0.15, 0.2) is 0 Å². The third-order valence-electron chi connectivity index (χ3n) is 3.13. The molecule has 0 aromatic heterocycles. The quantitative estimate of drug-likeness (QED) is 0.681. The molecule has 0 saturated heterocycles. The first kappa shape index (κ1) is 10.6. The van der Waals surface area contributed by atoms with E-state index >= 15 is 0 Å². The second-order valence-corrected chi connectivity index (χ2v) is 4.39. The molecule has 0 spiro atoms. The number of rotatable bonds is 2. The van der Waals surface area contributed by atoms with Crippen LogP contribution < -0.4 is 0 Å². The first-order valence-electron chi connectivity index (χ1n) is 5.69. The molecule has 1 aliphatic carbocycles. The molecule has 0 fully saturated rings. The van der Waals surface area contributed by atoms with Gasteiger partial charge in [-0.3, -0.25) is 0 Å². The third-order valence-corrected chi connectivity index (χ3v) is 3.42. The smallest absolute Gasteiger partial charge is 0.0566 e. The highest BCUT2D eigenvalue weighted by molar-refractivity contribution is 6.17. The van der Waals surface area contributed by atoms with Gasteiger partial charge in [0.05, 0.1) is 5.92 Å². The van der Waals surface area contributed by atoms with Crippen molar-refractivity contribution in [3.05, 3.63) is 82.8 Å².